The molecule has 98 valence electrons. The summed E-state index contributed by atoms with van der Waals surface area (Å²) in [4.78, 5) is 0. The molecule has 0 aliphatic heterocycles. The summed E-state index contributed by atoms with van der Waals surface area (Å²) < 4.78 is 0. The molecule has 0 atom stereocenters. The fourth-order valence-corrected chi connectivity index (χ4v) is 3.66. The lowest BCUT2D eigenvalue weighted by molar-refractivity contribution is 1.73. The van der Waals surface area contributed by atoms with Gasteiger partial charge in [0.25, 0.3) is 0 Å². The minimum atomic E-state index is 1.11. The molecule has 0 nitrogen and oxygen atoms in total. The summed E-state index contributed by atoms with van der Waals surface area (Å²) in [6.07, 6.45) is 0. The maximum atomic E-state index is 4.25. The molecule has 5 rings (SSSR count). The molecule has 0 fully saturated rings. The first-order valence-electron chi connectivity index (χ1n) is 7.24. The first-order chi connectivity index (χ1) is 10.3. The number of hydrogen-bond acceptors (Lipinski definition) is 0. The van der Waals surface area contributed by atoms with Crippen molar-refractivity contribution in [1.29, 1.82) is 0 Å². The Hall–Kier alpha value is -2.73. The van der Waals surface area contributed by atoms with Crippen molar-refractivity contribution in [2.24, 2.45) is 0 Å². The van der Waals surface area contributed by atoms with Crippen LogP contribution in [0.4, 0.5) is 0 Å². The van der Waals surface area contributed by atoms with Gasteiger partial charge in [0.15, 0.2) is 0 Å². The summed E-state index contributed by atoms with van der Waals surface area (Å²) in [7, 11) is 0. The smallest absolute Gasteiger partial charge is 0.0106 e. The van der Waals surface area contributed by atoms with Crippen LogP contribution in [0, 0.1) is 6.92 Å². The summed E-state index contributed by atoms with van der Waals surface area (Å²) in [6, 6.07) is 24.1. The van der Waals surface area contributed by atoms with Crippen LogP contribution < -0.4 is 0 Å². The molecule has 21 heavy (non-hydrogen) atoms. The highest BCUT2D eigenvalue weighted by Gasteiger charge is 2.08. The molecule has 0 saturated heterocycles. The second kappa shape index (κ2) is 3.67. The van der Waals surface area contributed by atoms with Gasteiger partial charge in [-0.05, 0) is 26.9 Å². The molecule has 0 radical (unpaired) electrons. The SMILES string of the molecule is [CH2-]c1cc2cc3ccccc3c3ccc4cccc1c4c23. The first-order valence-corrected chi connectivity index (χ1v) is 7.24. The van der Waals surface area contributed by atoms with Gasteiger partial charge in [0.1, 0.15) is 0 Å². The third kappa shape index (κ3) is 1.32. The topological polar surface area (TPSA) is 0 Å². The lowest BCUT2D eigenvalue weighted by Gasteiger charge is -2.19. The van der Waals surface area contributed by atoms with E-state index in [-0.39, 0.29) is 0 Å². The van der Waals surface area contributed by atoms with E-state index >= 15 is 0 Å². The Labute approximate surface area is 123 Å². The predicted molar refractivity (Wildman–Crippen MR) is 92.1 cm³/mol. The highest BCUT2D eigenvalue weighted by molar-refractivity contribution is 6.29. The second-order valence-corrected chi connectivity index (χ2v) is 5.75. The van der Waals surface area contributed by atoms with Gasteiger partial charge < -0.3 is 0 Å². The van der Waals surface area contributed by atoms with E-state index < -0.39 is 0 Å². The molecule has 5 aromatic carbocycles. The standard InChI is InChI=1S/C21H13/c1-13-11-16-12-15-5-2-3-7-18(15)19-10-9-14-6-4-8-17(13)20(14)21(16)19/h2-12H,1H2/q-1. The molecule has 0 bridgehead atoms. The van der Waals surface area contributed by atoms with Crippen LogP contribution in [-0.2, 0) is 0 Å². The van der Waals surface area contributed by atoms with Gasteiger partial charge in [-0.2, -0.15) is 18.6 Å². The highest BCUT2D eigenvalue weighted by Crippen LogP contribution is 2.39. The molecule has 0 aliphatic rings. The average Bonchev–Trinajstić information content (AvgIpc) is 2.53. The van der Waals surface area contributed by atoms with E-state index in [1.54, 1.807) is 0 Å². The molecular weight excluding hydrogens is 252 g/mol. The fourth-order valence-electron chi connectivity index (χ4n) is 3.66. The van der Waals surface area contributed by atoms with Crippen molar-refractivity contribution in [3.05, 3.63) is 79.2 Å². The van der Waals surface area contributed by atoms with Gasteiger partial charge in [-0.1, -0.05) is 65.4 Å². The van der Waals surface area contributed by atoms with E-state index in [1.165, 1.54) is 43.1 Å². The molecular formula is C21H13-. The summed E-state index contributed by atoms with van der Waals surface area (Å²) in [5, 5.41) is 10.5. The van der Waals surface area contributed by atoms with E-state index in [0.717, 1.165) is 5.56 Å². The quantitative estimate of drug-likeness (QED) is 0.185. The molecule has 0 unspecified atom stereocenters. The lowest BCUT2D eigenvalue weighted by Crippen LogP contribution is -1.87. The van der Waals surface area contributed by atoms with Crippen LogP contribution in [-0.4, -0.2) is 0 Å². The number of rotatable bonds is 0. The minimum absolute atomic E-state index is 1.11. The monoisotopic (exact) mass is 265 g/mol. The van der Waals surface area contributed by atoms with E-state index in [0.29, 0.717) is 0 Å². The molecule has 0 N–H and O–H groups in total. The Morgan fingerprint density at radius 3 is 2.24 bits per heavy atom. The van der Waals surface area contributed by atoms with E-state index in [9.17, 15) is 0 Å². The lowest BCUT2D eigenvalue weighted by atomic mass is 9.89. The van der Waals surface area contributed by atoms with Crippen LogP contribution in [0.1, 0.15) is 5.56 Å². The number of fused-ring (bicyclic) bond motifs is 2. The zero-order valence-electron chi connectivity index (χ0n) is 11.6. The van der Waals surface area contributed by atoms with Crippen molar-refractivity contribution >= 4 is 43.1 Å². The van der Waals surface area contributed by atoms with Gasteiger partial charge in [0.2, 0.25) is 0 Å². The van der Waals surface area contributed by atoms with E-state index in [4.69, 9.17) is 0 Å². The third-order valence-corrected chi connectivity index (χ3v) is 4.57. The van der Waals surface area contributed by atoms with Crippen LogP contribution in [0.25, 0.3) is 43.1 Å². The van der Waals surface area contributed by atoms with Crippen molar-refractivity contribution in [2.75, 3.05) is 0 Å². The summed E-state index contributed by atoms with van der Waals surface area (Å²) in [5.74, 6) is 0. The Bertz CT molecular complexity index is 1130. The molecule has 5 aromatic rings. The van der Waals surface area contributed by atoms with E-state index in [2.05, 4.69) is 73.7 Å². The van der Waals surface area contributed by atoms with Gasteiger partial charge in [-0.25, -0.2) is 0 Å². The Balaban J connectivity index is 2.24. The van der Waals surface area contributed by atoms with Crippen LogP contribution in [0.2, 0.25) is 0 Å². The molecule has 0 saturated carbocycles. The Morgan fingerprint density at radius 1 is 0.524 bits per heavy atom. The highest BCUT2D eigenvalue weighted by atomic mass is 14.1. The molecule has 0 spiro atoms. The van der Waals surface area contributed by atoms with Crippen LogP contribution in [0.5, 0.6) is 0 Å². The zero-order valence-corrected chi connectivity index (χ0v) is 11.6. The molecule has 0 aliphatic carbocycles. The minimum Gasteiger partial charge on any atom is -0.198 e. The first kappa shape index (κ1) is 11.0. The van der Waals surface area contributed by atoms with Crippen LogP contribution in [0.3, 0.4) is 0 Å². The number of benzene rings is 5. The van der Waals surface area contributed by atoms with Crippen LogP contribution in [0.15, 0.2) is 66.7 Å². The van der Waals surface area contributed by atoms with E-state index in [1.807, 2.05) is 0 Å². The molecule has 0 heteroatoms. The van der Waals surface area contributed by atoms with Crippen molar-refractivity contribution in [1.82, 2.24) is 0 Å². The van der Waals surface area contributed by atoms with Crippen molar-refractivity contribution in [2.45, 2.75) is 0 Å². The maximum Gasteiger partial charge on any atom is -0.0106 e. The molecule has 0 aromatic heterocycles. The third-order valence-electron chi connectivity index (χ3n) is 4.57. The van der Waals surface area contributed by atoms with Gasteiger partial charge >= 0.3 is 0 Å². The van der Waals surface area contributed by atoms with Gasteiger partial charge in [-0.3, -0.25) is 0 Å². The molecule has 0 amide bonds. The normalized spacial score (nSPS) is 12.0. The van der Waals surface area contributed by atoms with Gasteiger partial charge in [0.05, 0.1) is 0 Å². The van der Waals surface area contributed by atoms with Gasteiger partial charge in [-0.15, -0.1) is 11.5 Å². The van der Waals surface area contributed by atoms with Crippen molar-refractivity contribution < 1.29 is 0 Å². The van der Waals surface area contributed by atoms with Crippen molar-refractivity contribution in [3.8, 4) is 0 Å². The molecule has 0 heterocycles. The Kier molecular flexibility index (Phi) is 1.92. The average molecular weight is 265 g/mol. The van der Waals surface area contributed by atoms with Crippen molar-refractivity contribution in [3.63, 3.8) is 0 Å². The Morgan fingerprint density at radius 2 is 1.29 bits per heavy atom. The summed E-state index contributed by atoms with van der Waals surface area (Å²) in [5.41, 5.74) is 1.11. The second-order valence-electron chi connectivity index (χ2n) is 5.75. The zero-order chi connectivity index (χ0) is 14.0. The maximum absolute atomic E-state index is 4.25. The number of hydrogen-bond donors (Lipinski definition) is 0. The van der Waals surface area contributed by atoms with Crippen LogP contribution >= 0.6 is 0 Å². The fraction of sp³-hybridized carbons (Fsp3) is 0. The predicted octanol–water partition coefficient (Wildman–Crippen LogP) is 5.92. The largest absolute Gasteiger partial charge is 0.198 e. The summed E-state index contributed by atoms with van der Waals surface area (Å²) in [6.45, 7) is 4.25. The summed E-state index contributed by atoms with van der Waals surface area (Å²) >= 11 is 0. The van der Waals surface area contributed by atoms with Gasteiger partial charge in [0, 0.05) is 0 Å².